The number of anilines is 1. The molecule has 1 saturated heterocycles. The molecule has 0 spiro atoms. The highest BCUT2D eigenvalue weighted by atomic mass is 35.5. The number of pyridine rings is 1. The van der Waals surface area contributed by atoms with Gasteiger partial charge in [0.05, 0.1) is 30.8 Å². The van der Waals surface area contributed by atoms with E-state index in [1.807, 2.05) is 80.7 Å². The molecule has 3 N–H and O–H groups in total. The minimum absolute atomic E-state index is 0. The molecule has 14 nitrogen and oxygen atoms in total. The predicted octanol–water partition coefficient (Wildman–Crippen LogP) is 8.20. The zero-order valence-electron chi connectivity index (χ0n) is 35.4. The van der Waals surface area contributed by atoms with Gasteiger partial charge in [0, 0.05) is 39.1 Å². The maximum atomic E-state index is 15.0. The van der Waals surface area contributed by atoms with Crippen molar-refractivity contribution in [2.75, 3.05) is 19.0 Å². The van der Waals surface area contributed by atoms with Crippen molar-refractivity contribution in [1.82, 2.24) is 24.9 Å². The van der Waals surface area contributed by atoms with Crippen LogP contribution in [0.5, 0.6) is 23.1 Å². The topological polar surface area (TPSA) is 178 Å². The largest absolute Gasteiger partial charge is 0.494 e. The highest BCUT2D eigenvalue weighted by molar-refractivity contribution is 7.91. The van der Waals surface area contributed by atoms with Crippen LogP contribution in [-0.2, 0) is 24.4 Å². The fraction of sp³-hybridized carbons (Fsp3) is 0.356. The van der Waals surface area contributed by atoms with Gasteiger partial charge < -0.3 is 29.7 Å². The van der Waals surface area contributed by atoms with Crippen LogP contribution in [0.25, 0.3) is 22.0 Å². The third kappa shape index (κ3) is 10.2. The number of para-hydroxylation sites is 1. The van der Waals surface area contributed by atoms with Gasteiger partial charge in [-0.25, -0.2) is 18.4 Å². The average Bonchev–Trinajstić information content (AvgIpc) is 4.14. The van der Waals surface area contributed by atoms with Crippen LogP contribution >= 0.6 is 47.8 Å². The number of sulfonamides is 1. The molecule has 5 atom stereocenters. The van der Waals surface area contributed by atoms with Crippen LogP contribution in [-0.4, -0.2) is 83.6 Å². The van der Waals surface area contributed by atoms with Gasteiger partial charge in [0.1, 0.15) is 41.0 Å². The standard InChI is InChI=1S/C45H47ClN6O8S2.2ClH/c1-6-27-22-45(27,42(55)51-62(56,57)32-17-18-32)50-39(53)36-21-31(60-40-34-20-28(46)14-19-33(34)37(58-5)23-47-40)24-52(36)41(54)38(44(2,3)4)49-43-48-35(25-61-43)26-12-15-30(16-13-26)59-29-10-8-7-9-11-29;;/h6-16,19-20,23,25,27,31-32,36,38H,1,17-18,21-22,24H2,2-5H3,(H,48,49)(H,50,53)(H,51,55);2*1H/t27-,31-,36+,38-,45-;;/m1../s1. The number of aromatic nitrogens is 2. The summed E-state index contributed by atoms with van der Waals surface area (Å²) in [7, 11) is -2.38. The van der Waals surface area contributed by atoms with Crippen molar-refractivity contribution in [2.24, 2.45) is 11.3 Å². The van der Waals surface area contributed by atoms with Gasteiger partial charge in [-0.3, -0.25) is 19.1 Å². The summed E-state index contributed by atoms with van der Waals surface area (Å²) < 4.78 is 45.8. The molecular formula is C45H49Cl3N6O8S2. The first-order valence-corrected chi connectivity index (χ1v) is 23.0. The van der Waals surface area contributed by atoms with Crippen LogP contribution < -0.4 is 29.6 Å². The number of methoxy groups -OCH3 is 1. The molecule has 3 amide bonds. The van der Waals surface area contributed by atoms with Crippen LogP contribution in [0.3, 0.4) is 0 Å². The molecule has 340 valence electrons. The number of rotatable bonds is 15. The summed E-state index contributed by atoms with van der Waals surface area (Å²) in [5.41, 5.74) is -0.689. The Kier molecular flexibility index (Phi) is 14.5. The average molecular weight is 972 g/mol. The molecule has 2 aliphatic carbocycles. The van der Waals surface area contributed by atoms with E-state index in [9.17, 15) is 22.8 Å². The highest BCUT2D eigenvalue weighted by Crippen LogP contribution is 2.46. The lowest BCUT2D eigenvalue weighted by Gasteiger charge is -2.35. The Hall–Kier alpha value is -5.13. The van der Waals surface area contributed by atoms with E-state index in [2.05, 4.69) is 26.9 Å². The first kappa shape index (κ1) is 48.3. The summed E-state index contributed by atoms with van der Waals surface area (Å²) in [6.07, 6.45) is 3.43. The molecule has 5 aromatic rings. The second-order valence-corrected chi connectivity index (χ2v) is 20.2. The summed E-state index contributed by atoms with van der Waals surface area (Å²) in [4.78, 5) is 54.0. The van der Waals surface area contributed by atoms with Crippen LogP contribution in [0, 0.1) is 11.3 Å². The van der Waals surface area contributed by atoms with Gasteiger partial charge in [-0.1, -0.05) is 56.6 Å². The zero-order valence-corrected chi connectivity index (χ0v) is 39.4. The number of carbonyl (C=O) groups excluding carboxylic acids is 3. The first-order valence-electron chi connectivity index (χ1n) is 20.2. The van der Waals surface area contributed by atoms with Crippen LogP contribution in [0.15, 0.2) is 97.0 Å². The van der Waals surface area contributed by atoms with E-state index < -0.39 is 68.1 Å². The minimum Gasteiger partial charge on any atom is -0.494 e. The van der Waals surface area contributed by atoms with Crippen molar-refractivity contribution in [1.29, 1.82) is 0 Å². The number of hydrogen-bond acceptors (Lipinski definition) is 12. The third-order valence-electron chi connectivity index (χ3n) is 11.4. The van der Waals surface area contributed by atoms with Crippen LogP contribution in [0.2, 0.25) is 5.02 Å². The number of benzene rings is 3. The van der Waals surface area contributed by atoms with Crippen molar-refractivity contribution in [3.05, 3.63) is 102 Å². The lowest BCUT2D eigenvalue weighted by atomic mass is 9.85. The predicted molar refractivity (Wildman–Crippen MR) is 253 cm³/mol. The Morgan fingerprint density at radius 3 is 2.36 bits per heavy atom. The lowest BCUT2D eigenvalue weighted by Crippen LogP contribution is -2.58. The van der Waals surface area contributed by atoms with Crippen molar-refractivity contribution < 1.29 is 37.0 Å². The molecule has 0 radical (unpaired) electrons. The summed E-state index contributed by atoms with van der Waals surface area (Å²) in [6, 6.07) is 20.3. The van der Waals surface area contributed by atoms with Crippen LogP contribution in [0.1, 0.15) is 46.5 Å². The molecule has 2 saturated carbocycles. The monoisotopic (exact) mass is 970 g/mol. The van der Waals surface area contributed by atoms with E-state index in [1.165, 1.54) is 35.6 Å². The number of thiazole rings is 1. The van der Waals surface area contributed by atoms with E-state index in [4.69, 9.17) is 30.8 Å². The maximum absolute atomic E-state index is 15.0. The van der Waals surface area contributed by atoms with E-state index in [0.717, 1.165) is 11.3 Å². The number of fused-ring (bicyclic) bond motifs is 1. The number of amides is 3. The summed E-state index contributed by atoms with van der Waals surface area (Å²) in [5.74, 6) is -0.236. The SMILES string of the molecule is C=C[C@@H]1C[C@]1(NC(=O)[C@@H]1C[C@@H](Oc2ncc(OC)c3ccc(Cl)cc23)CN1C(=O)[C@@H](Nc1nc(-c2ccc(Oc3ccccc3)cc2)cs1)C(C)(C)C)C(=O)NS(=O)(=O)C1CC1.Cl.Cl. The zero-order chi connectivity index (χ0) is 44.0. The molecule has 3 fully saturated rings. The molecule has 3 aliphatic rings. The van der Waals surface area contributed by atoms with Crippen LogP contribution in [0.4, 0.5) is 5.13 Å². The summed E-state index contributed by atoms with van der Waals surface area (Å²) in [5, 5.41) is 9.70. The molecule has 19 heteroatoms. The third-order valence-corrected chi connectivity index (χ3v) is 14.2. The van der Waals surface area contributed by atoms with Crippen molar-refractivity contribution >= 4 is 91.4 Å². The van der Waals surface area contributed by atoms with E-state index in [1.54, 1.807) is 18.2 Å². The van der Waals surface area contributed by atoms with Gasteiger partial charge in [0.2, 0.25) is 27.7 Å². The second-order valence-electron chi connectivity index (χ2n) is 16.9. The van der Waals surface area contributed by atoms with Gasteiger partial charge in [-0.2, -0.15) is 0 Å². The fourth-order valence-corrected chi connectivity index (χ4v) is 9.99. The molecule has 2 aromatic heterocycles. The van der Waals surface area contributed by atoms with Gasteiger partial charge in [-0.05, 0) is 79.3 Å². The van der Waals surface area contributed by atoms with Gasteiger partial charge >= 0.3 is 0 Å². The molecule has 64 heavy (non-hydrogen) atoms. The van der Waals surface area contributed by atoms with Crippen molar-refractivity contribution in [2.45, 2.75) is 75.4 Å². The number of carbonyl (C=O) groups is 3. The Bertz CT molecular complexity index is 2640. The number of hydrogen-bond donors (Lipinski definition) is 3. The summed E-state index contributed by atoms with van der Waals surface area (Å²) in [6.45, 7) is 9.55. The molecular weight excluding hydrogens is 923 g/mol. The lowest BCUT2D eigenvalue weighted by molar-refractivity contribution is -0.141. The number of likely N-dealkylation sites (tertiary alicyclic amines) is 1. The normalized spacial score (nSPS) is 20.8. The molecule has 0 unspecified atom stereocenters. The van der Waals surface area contributed by atoms with E-state index in [0.29, 0.717) is 51.0 Å². The molecule has 1 aliphatic heterocycles. The molecule has 3 heterocycles. The molecule has 3 aromatic carbocycles. The van der Waals surface area contributed by atoms with E-state index in [-0.39, 0.29) is 50.1 Å². The van der Waals surface area contributed by atoms with Gasteiger partial charge in [0.15, 0.2) is 5.13 Å². The first-order chi connectivity index (χ1) is 29.6. The number of ether oxygens (including phenoxy) is 3. The maximum Gasteiger partial charge on any atom is 0.259 e. The van der Waals surface area contributed by atoms with Crippen molar-refractivity contribution in [3.63, 3.8) is 0 Å². The number of halogens is 3. The Labute approximate surface area is 393 Å². The molecule has 0 bridgehead atoms. The van der Waals surface area contributed by atoms with Crippen molar-refractivity contribution in [3.8, 4) is 34.4 Å². The van der Waals surface area contributed by atoms with Gasteiger partial charge in [-0.15, -0.1) is 42.7 Å². The number of nitrogens with one attached hydrogen (secondary N) is 3. The Morgan fingerprint density at radius 1 is 1.02 bits per heavy atom. The Morgan fingerprint density at radius 2 is 1.72 bits per heavy atom. The molecule has 8 rings (SSSR count). The highest BCUT2D eigenvalue weighted by Gasteiger charge is 2.62. The summed E-state index contributed by atoms with van der Waals surface area (Å²) >= 11 is 7.74. The minimum atomic E-state index is -3.91. The van der Waals surface area contributed by atoms with Gasteiger partial charge in [0.25, 0.3) is 5.91 Å². The quantitative estimate of drug-likeness (QED) is 0.0862. The number of nitrogens with zero attached hydrogens (tertiary/aromatic N) is 3. The smallest absolute Gasteiger partial charge is 0.259 e. The van der Waals surface area contributed by atoms with E-state index >= 15 is 0 Å². The fourth-order valence-electron chi connectivity index (χ4n) is 7.70. The Balaban J connectivity index is 0.00000340. The second kappa shape index (κ2) is 19.1.